The molecule has 0 saturated heterocycles. The molecule has 0 fully saturated rings. The van der Waals surface area contributed by atoms with E-state index in [2.05, 4.69) is 20.6 Å². The lowest BCUT2D eigenvalue weighted by atomic mass is 9.87. The summed E-state index contributed by atoms with van der Waals surface area (Å²) in [5.41, 5.74) is 1.64. The summed E-state index contributed by atoms with van der Waals surface area (Å²) in [5, 5.41) is 5.30. The highest BCUT2D eigenvalue weighted by molar-refractivity contribution is 6.37. The largest absolute Gasteiger partial charge is 0.445 e. The summed E-state index contributed by atoms with van der Waals surface area (Å²) in [5.74, 6) is -1.58. The van der Waals surface area contributed by atoms with E-state index in [1.807, 2.05) is 44.2 Å². The van der Waals surface area contributed by atoms with Crippen LogP contribution in [0, 0.1) is 11.8 Å². The summed E-state index contributed by atoms with van der Waals surface area (Å²) >= 11 is 0. The second kappa shape index (κ2) is 13.5. The number of carbonyl (C=O) groups excluding carboxylic acids is 4. The molecule has 1 aromatic heterocycles. The van der Waals surface area contributed by atoms with Crippen LogP contribution in [-0.4, -0.2) is 46.1 Å². The van der Waals surface area contributed by atoms with Gasteiger partial charge in [-0.15, -0.1) is 0 Å². The molecule has 9 heteroatoms. The van der Waals surface area contributed by atoms with Crippen LogP contribution in [0.5, 0.6) is 0 Å². The average molecular weight is 495 g/mol. The third kappa shape index (κ3) is 8.55. The number of carbonyl (C=O) groups is 4. The maximum Gasteiger partial charge on any atom is 0.408 e. The molecule has 1 aromatic carbocycles. The van der Waals surface area contributed by atoms with Gasteiger partial charge < -0.3 is 15.4 Å². The molecule has 1 aliphatic heterocycles. The zero-order valence-corrected chi connectivity index (χ0v) is 20.9. The molecular formula is C27H34N4O5. The van der Waals surface area contributed by atoms with Crippen molar-refractivity contribution in [3.63, 3.8) is 0 Å². The Hall–Kier alpha value is -3.62. The summed E-state index contributed by atoms with van der Waals surface area (Å²) in [6.07, 6.45) is 3.20. The third-order valence-electron chi connectivity index (χ3n) is 6.03. The Balaban J connectivity index is 1.65. The summed E-state index contributed by atoms with van der Waals surface area (Å²) in [6, 6.07) is 10.2. The van der Waals surface area contributed by atoms with Gasteiger partial charge in [0.05, 0.1) is 6.04 Å². The quantitative estimate of drug-likeness (QED) is 0.540. The van der Waals surface area contributed by atoms with Crippen LogP contribution in [0.1, 0.15) is 56.6 Å². The molecule has 2 bridgehead atoms. The first kappa shape index (κ1) is 27.0. The molecule has 9 nitrogen and oxygen atoms in total. The Labute approximate surface area is 211 Å². The van der Waals surface area contributed by atoms with Crippen LogP contribution in [0.15, 0.2) is 42.6 Å². The van der Waals surface area contributed by atoms with Crippen molar-refractivity contribution in [1.82, 2.24) is 20.6 Å². The van der Waals surface area contributed by atoms with E-state index in [1.54, 1.807) is 12.3 Å². The Bertz CT molecular complexity index is 1060. The molecule has 0 radical (unpaired) electrons. The molecule has 2 atom stereocenters. The fourth-order valence-corrected chi connectivity index (χ4v) is 4.14. The van der Waals surface area contributed by atoms with Crippen molar-refractivity contribution < 1.29 is 23.9 Å². The van der Waals surface area contributed by atoms with E-state index in [-0.39, 0.29) is 31.3 Å². The number of aromatic nitrogens is 2. The molecule has 3 rings (SSSR count). The molecule has 2 N–H and O–H groups in total. The average Bonchev–Trinajstić information content (AvgIpc) is 2.86. The maximum absolute atomic E-state index is 13.2. The predicted molar refractivity (Wildman–Crippen MR) is 133 cm³/mol. The molecule has 2 aromatic rings. The molecule has 0 saturated carbocycles. The first-order valence-electron chi connectivity index (χ1n) is 12.4. The first-order chi connectivity index (χ1) is 17.3. The highest BCUT2D eigenvalue weighted by Crippen LogP contribution is 2.19. The summed E-state index contributed by atoms with van der Waals surface area (Å²) in [7, 11) is 0. The predicted octanol–water partition coefficient (Wildman–Crippen LogP) is 2.96. The molecule has 2 unspecified atom stereocenters. The zero-order valence-electron chi connectivity index (χ0n) is 20.9. The second-order valence-electron chi connectivity index (χ2n) is 9.48. The van der Waals surface area contributed by atoms with Gasteiger partial charge in [-0.25, -0.2) is 14.8 Å². The number of ketones is 2. The number of fused-ring (bicyclic) bond motifs is 2. The van der Waals surface area contributed by atoms with Crippen LogP contribution < -0.4 is 10.6 Å². The standard InChI is InChI=1S/C27H34N4O5/c1-18(2)15-22(31-27(35)36-17-19-7-4-3-5-8-19)23(32)16-20-9-6-10-24-28-13-11-21(30-24)12-14-29-26(34)25(20)33/h3-5,7-8,11,13,18,20,22H,6,9-10,12,14-17H2,1-2H3,(H,29,34)(H,31,35). The molecule has 2 amide bonds. The number of rotatable bonds is 8. The minimum atomic E-state index is -0.814. The number of amides is 2. The number of aryl methyl sites for hydroxylation is 1. The van der Waals surface area contributed by atoms with Gasteiger partial charge >= 0.3 is 6.09 Å². The fraction of sp³-hybridized carbons (Fsp3) is 0.481. The minimum Gasteiger partial charge on any atom is -0.445 e. The van der Waals surface area contributed by atoms with Crippen LogP contribution in [-0.2, 0) is 38.6 Å². The summed E-state index contributed by atoms with van der Waals surface area (Å²) in [4.78, 5) is 59.9. The van der Waals surface area contributed by atoms with E-state index in [1.165, 1.54) is 0 Å². The smallest absolute Gasteiger partial charge is 0.408 e. The fourth-order valence-electron chi connectivity index (χ4n) is 4.14. The second-order valence-corrected chi connectivity index (χ2v) is 9.48. The van der Waals surface area contributed by atoms with Gasteiger partial charge in [0.15, 0.2) is 5.78 Å². The van der Waals surface area contributed by atoms with Crippen molar-refractivity contribution in [2.75, 3.05) is 6.54 Å². The van der Waals surface area contributed by atoms with Gasteiger partial charge in [-0.2, -0.15) is 0 Å². The maximum atomic E-state index is 13.2. The van der Waals surface area contributed by atoms with E-state index in [0.29, 0.717) is 37.9 Å². The Morgan fingerprint density at radius 3 is 2.67 bits per heavy atom. The number of hydrogen-bond donors (Lipinski definition) is 2. The monoisotopic (exact) mass is 494 g/mol. The number of benzene rings is 1. The van der Waals surface area contributed by atoms with Gasteiger partial charge in [0.2, 0.25) is 5.78 Å². The van der Waals surface area contributed by atoms with Crippen LogP contribution in [0.25, 0.3) is 0 Å². The van der Waals surface area contributed by atoms with Crippen molar-refractivity contribution >= 4 is 23.6 Å². The number of hydrogen-bond acceptors (Lipinski definition) is 7. The van der Waals surface area contributed by atoms with Crippen molar-refractivity contribution in [3.05, 3.63) is 59.7 Å². The lowest BCUT2D eigenvalue weighted by molar-refractivity contribution is -0.141. The zero-order chi connectivity index (χ0) is 25.9. The number of nitrogens with one attached hydrogen (secondary N) is 2. The van der Waals surface area contributed by atoms with Gasteiger partial charge in [-0.05, 0) is 36.8 Å². The molecule has 0 aliphatic carbocycles. The van der Waals surface area contributed by atoms with Gasteiger partial charge in [-0.1, -0.05) is 44.2 Å². The minimum absolute atomic E-state index is 0.0832. The number of Topliss-reactive ketones (excluding diaryl/α,β-unsaturated/α-hetero) is 2. The molecular weight excluding hydrogens is 460 g/mol. The van der Waals surface area contributed by atoms with Crippen molar-refractivity contribution in [3.8, 4) is 0 Å². The highest BCUT2D eigenvalue weighted by Gasteiger charge is 2.31. The van der Waals surface area contributed by atoms with Crippen molar-refractivity contribution in [1.29, 1.82) is 0 Å². The number of ether oxygens (including phenoxy) is 1. The van der Waals surface area contributed by atoms with Crippen LogP contribution in [0.3, 0.4) is 0 Å². The van der Waals surface area contributed by atoms with Crippen LogP contribution >= 0.6 is 0 Å². The van der Waals surface area contributed by atoms with Gasteiger partial charge in [0, 0.05) is 43.6 Å². The Morgan fingerprint density at radius 2 is 1.92 bits per heavy atom. The van der Waals surface area contributed by atoms with Crippen LogP contribution in [0.2, 0.25) is 0 Å². The topological polar surface area (TPSA) is 127 Å². The lowest BCUT2D eigenvalue weighted by Crippen LogP contribution is -2.44. The summed E-state index contributed by atoms with van der Waals surface area (Å²) < 4.78 is 5.29. The Morgan fingerprint density at radius 1 is 1.14 bits per heavy atom. The van der Waals surface area contributed by atoms with Crippen LogP contribution in [0.4, 0.5) is 4.79 Å². The third-order valence-corrected chi connectivity index (χ3v) is 6.03. The summed E-state index contributed by atoms with van der Waals surface area (Å²) in [6.45, 7) is 4.24. The molecule has 0 spiro atoms. The van der Waals surface area contributed by atoms with Crippen molar-refractivity contribution in [2.45, 2.75) is 65.0 Å². The molecule has 1 aliphatic rings. The highest BCUT2D eigenvalue weighted by atomic mass is 16.5. The van der Waals surface area contributed by atoms with E-state index >= 15 is 0 Å². The van der Waals surface area contributed by atoms with Gasteiger partial charge in [0.1, 0.15) is 12.4 Å². The number of nitrogens with zero attached hydrogens (tertiary/aromatic N) is 2. The van der Waals surface area contributed by atoms with Gasteiger partial charge in [0.25, 0.3) is 5.91 Å². The Kier molecular flexibility index (Phi) is 10.1. The molecule has 36 heavy (non-hydrogen) atoms. The normalized spacial score (nSPS) is 17.4. The van der Waals surface area contributed by atoms with E-state index in [9.17, 15) is 19.2 Å². The van der Waals surface area contributed by atoms with Gasteiger partial charge in [-0.3, -0.25) is 14.4 Å². The van der Waals surface area contributed by atoms with E-state index in [4.69, 9.17) is 4.74 Å². The number of alkyl carbamates (subject to hydrolysis) is 1. The molecule has 192 valence electrons. The first-order valence-corrected chi connectivity index (χ1v) is 12.4. The SMILES string of the molecule is CC(C)CC(NC(=O)OCc1ccccc1)C(=O)CC1CCCc2nccc(n2)CCNC(=O)C1=O. The van der Waals surface area contributed by atoms with E-state index < -0.39 is 29.7 Å². The lowest BCUT2D eigenvalue weighted by Gasteiger charge is -2.22. The van der Waals surface area contributed by atoms with E-state index in [0.717, 1.165) is 11.3 Å². The molecule has 2 heterocycles. The van der Waals surface area contributed by atoms with Crippen molar-refractivity contribution in [2.24, 2.45) is 11.8 Å².